The third kappa shape index (κ3) is 8.94. The number of hydrogen-bond acceptors (Lipinski definition) is 0. The van der Waals surface area contributed by atoms with Gasteiger partial charge in [-0.1, -0.05) is 0 Å². The summed E-state index contributed by atoms with van der Waals surface area (Å²) in [5, 5.41) is 0. The molecule has 4 heavy (non-hydrogen) atoms. The van der Waals surface area contributed by atoms with E-state index in [4.69, 9.17) is 0 Å². The van der Waals surface area contributed by atoms with Gasteiger partial charge in [-0.2, -0.15) is 0 Å². The Balaban J connectivity index is 0. The predicted molar refractivity (Wildman–Crippen MR) is 0 cm³/mol. The molecule has 30 valence electrons. The molecule has 0 heterocycles. The minimum Gasteiger partial charge on any atom is 0 e. The van der Waals surface area contributed by atoms with E-state index in [0.29, 0.717) is 0 Å². The molecular formula is CrFe3. The summed E-state index contributed by atoms with van der Waals surface area (Å²) >= 11 is 0. The molecule has 0 nitrogen and oxygen atoms in total. The Morgan fingerprint density at radius 3 is 0.500 bits per heavy atom. The number of hydrogen-bond donors (Lipinski definition) is 0. The second-order valence-corrected chi connectivity index (χ2v) is 0. The summed E-state index contributed by atoms with van der Waals surface area (Å²) in [7, 11) is 0. The molecule has 0 saturated carbocycles. The predicted octanol–water partition coefficient (Wildman–Crippen LogP) is -0.0100. The van der Waals surface area contributed by atoms with E-state index in [0.717, 1.165) is 0 Å². The fourth-order valence-corrected chi connectivity index (χ4v) is 0. The monoisotopic (exact) mass is 220 g/mol. The average Bonchev–Trinajstić information content (AvgIpc) is 0. The second kappa shape index (κ2) is 19.5. The Hall–Kier alpha value is 2.09. The quantitative estimate of drug-likeness (QED) is 0.503. The van der Waals surface area contributed by atoms with Gasteiger partial charge in [-0.15, -0.1) is 0 Å². The van der Waals surface area contributed by atoms with Crippen LogP contribution in [-0.2, 0) is 68.6 Å². The summed E-state index contributed by atoms with van der Waals surface area (Å²) < 4.78 is 0. The summed E-state index contributed by atoms with van der Waals surface area (Å²) in [6, 6.07) is 0. The van der Waals surface area contributed by atoms with Crippen LogP contribution in [0.5, 0.6) is 0 Å². The normalized spacial score (nSPS) is 0. The van der Waals surface area contributed by atoms with Gasteiger partial charge in [0, 0.05) is 68.6 Å². The molecule has 0 aliphatic carbocycles. The van der Waals surface area contributed by atoms with Crippen LogP contribution in [0.4, 0.5) is 0 Å². The van der Waals surface area contributed by atoms with Crippen LogP contribution in [0.25, 0.3) is 0 Å². The van der Waals surface area contributed by atoms with Crippen LogP contribution in [0, 0.1) is 0 Å². The maximum absolute atomic E-state index is 0. The molecule has 0 aromatic heterocycles. The van der Waals surface area contributed by atoms with Crippen LogP contribution in [0.1, 0.15) is 0 Å². The molecule has 0 rings (SSSR count). The van der Waals surface area contributed by atoms with Gasteiger partial charge in [0.2, 0.25) is 0 Å². The molecule has 0 aromatic carbocycles. The van der Waals surface area contributed by atoms with Gasteiger partial charge in [0.25, 0.3) is 0 Å². The molecule has 0 aliphatic heterocycles. The minimum absolute atomic E-state index is 0. The first-order valence-corrected chi connectivity index (χ1v) is 0. The van der Waals surface area contributed by atoms with Gasteiger partial charge in [-0.05, 0) is 0 Å². The van der Waals surface area contributed by atoms with E-state index in [2.05, 4.69) is 0 Å². The fourth-order valence-electron chi connectivity index (χ4n) is 0. The van der Waals surface area contributed by atoms with E-state index in [1.807, 2.05) is 0 Å². The summed E-state index contributed by atoms with van der Waals surface area (Å²) in [4.78, 5) is 0. The van der Waals surface area contributed by atoms with Gasteiger partial charge >= 0.3 is 0 Å². The fraction of sp³-hybridized carbons (Fsp3) is 0. The molecule has 4 heteroatoms. The molecule has 0 saturated heterocycles. The first kappa shape index (κ1) is 36.1. The van der Waals surface area contributed by atoms with Crippen molar-refractivity contribution in [3.63, 3.8) is 0 Å². The molecule has 0 atom stereocenters. The Kier molecular flexibility index (Phi) is 176. The van der Waals surface area contributed by atoms with Gasteiger partial charge in [0.15, 0.2) is 0 Å². The molecular weight excluding hydrogens is 220 g/mol. The van der Waals surface area contributed by atoms with Crippen LogP contribution in [0.2, 0.25) is 0 Å². The van der Waals surface area contributed by atoms with Gasteiger partial charge < -0.3 is 0 Å². The largest absolute Gasteiger partial charge is 0 e. The van der Waals surface area contributed by atoms with Gasteiger partial charge in [-0.3, -0.25) is 0 Å². The van der Waals surface area contributed by atoms with Crippen molar-refractivity contribution in [1.29, 1.82) is 0 Å². The standard InChI is InChI=1S/Cr.3Fe. The van der Waals surface area contributed by atoms with Crippen molar-refractivity contribution >= 4 is 0 Å². The SMILES string of the molecule is [Cr].[Fe].[Fe].[Fe]. The van der Waals surface area contributed by atoms with Crippen molar-refractivity contribution in [2.24, 2.45) is 0 Å². The minimum atomic E-state index is 0. The molecule has 0 spiro atoms. The smallest absolute Gasteiger partial charge is 0 e. The van der Waals surface area contributed by atoms with E-state index in [1.54, 1.807) is 0 Å². The van der Waals surface area contributed by atoms with Crippen LogP contribution in [-0.4, -0.2) is 0 Å². The van der Waals surface area contributed by atoms with E-state index in [-0.39, 0.29) is 68.6 Å². The Morgan fingerprint density at radius 2 is 0.500 bits per heavy atom. The van der Waals surface area contributed by atoms with Crippen molar-refractivity contribution in [2.45, 2.75) is 0 Å². The molecule has 0 radical (unpaired) electrons. The van der Waals surface area contributed by atoms with E-state index in [9.17, 15) is 0 Å². The van der Waals surface area contributed by atoms with Crippen molar-refractivity contribution < 1.29 is 68.6 Å². The Labute approximate surface area is 68.0 Å². The maximum atomic E-state index is 0. The second-order valence-electron chi connectivity index (χ2n) is 0. The van der Waals surface area contributed by atoms with Crippen LogP contribution in [0.15, 0.2) is 0 Å². The first-order valence-electron chi connectivity index (χ1n) is 0. The summed E-state index contributed by atoms with van der Waals surface area (Å²) in [5.74, 6) is 0. The Morgan fingerprint density at radius 1 is 0.500 bits per heavy atom. The van der Waals surface area contributed by atoms with E-state index in [1.165, 1.54) is 0 Å². The summed E-state index contributed by atoms with van der Waals surface area (Å²) in [5.41, 5.74) is 0. The van der Waals surface area contributed by atoms with E-state index < -0.39 is 0 Å². The summed E-state index contributed by atoms with van der Waals surface area (Å²) in [6.07, 6.45) is 0. The molecule has 0 unspecified atom stereocenters. The van der Waals surface area contributed by atoms with E-state index >= 15 is 0 Å². The topological polar surface area (TPSA) is 0 Å². The van der Waals surface area contributed by atoms with Crippen molar-refractivity contribution in [2.75, 3.05) is 0 Å². The van der Waals surface area contributed by atoms with Gasteiger partial charge in [0.05, 0.1) is 0 Å². The third-order valence-corrected chi connectivity index (χ3v) is 0. The van der Waals surface area contributed by atoms with Crippen molar-refractivity contribution in [1.82, 2.24) is 0 Å². The Bertz CT molecular complexity index is 3.25. The molecule has 0 N–H and O–H groups in total. The zero-order valence-corrected chi connectivity index (χ0v) is 6.06. The molecule has 0 aliphatic rings. The maximum Gasteiger partial charge on any atom is 0 e. The molecule has 0 amide bonds. The molecule has 0 bridgehead atoms. The average molecular weight is 220 g/mol. The first-order chi connectivity index (χ1) is 0. The van der Waals surface area contributed by atoms with Crippen LogP contribution >= 0.6 is 0 Å². The van der Waals surface area contributed by atoms with Crippen molar-refractivity contribution in [3.8, 4) is 0 Å². The molecule has 0 fully saturated rings. The van der Waals surface area contributed by atoms with Crippen molar-refractivity contribution in [3.05, 3.63) is 0 Å². The zero-order valence-electron chi connectivity index (χ0n) is 1.47. The third-order valence-electron chi connectivity index (χ3n) is 0. The van der Waals surface area contributed by atoms with Gasteiger partial charge in [-0.25, -0.2) is 0 Å². The van der Waals surface area contributed by atoms with Gasteiger partial charge in [0.1, 0.15) is 0 Å². The van der Waals surface area contributed by atoms with Crippen LogP contribution < -0.4 is 0 Å². The van der Waals surface area contributed by atoms with Crippen LogP contribution in [0.3, 0.4) is 0 Å². The summed E-state index contributed by atoms with van der Waals surface area (Å²) in [6.45, 7) is 0. The molecule has 0 aromatic rings. The number of rotatable bonds is 0. The zero-order chi connectivity index (χ0) is 0.